The van der Waals surface area contributed by atoms with E-state index >= 15 is 0 Å². The van der Waals surface area contributed by atoms with Crippen LogP contribution in [0.15, 0.2) is 22.7 Å². The molecule has 0 saturated heterocycles. The first-order valence-electron chi connectivity index (χ1n) is 5.71. The highest BCUT2D eigenvalue weighted by molar-refractivity contribution is 9.10. The number of benzene rings is 1. The van der Waals surface area contributed by atoms with Gasteiger partial charge in [-0.25, -0.2) is 0 Å². The Labute approximate surface area is 123 Å². The molecule has 0 bridgehead atoms. The van der Waals surface area contributed by atoms with Crippen molar-refractivity contribution in [3.05, 3.63) is 38.3 Å². The van der Waals surface area contributed by atoms with E-state index in [0.717, 1.165) is 4.90 Å². The Morgan fingerprint density at radius 1 is 1.45 bits per heavy atom. The van der Waals surface area contributed by atoms with Crippen LogP contribution in [0, 0.1) is 10.1 Å². The highest BCUT2D eigenvalue weighted by Crippen LogP contribution is 2.29. The lowest BCUT2D eigenvalue weighted by molar-refractivity contribution is -0.385. The smallest absolute Gasteiger partial charge is 0.323 e. The Balaban J connectivity index is 3.22. The van der Waals surface area contributed by atoms with Gasteiger partial charge in [0.1, 0.15) is 11.0 Å². The summed E-state index contributed by atoms with van der Waals surface area (Å²) in [6, 6.07) is 3.72. The maximum Gasteiger partial charge on any atom is 0.323 e. The van der Waals surface area contributed by atoms with Crippen LogP contribution in [0.2, 0.25) is 0 Å². The summed E-state index contributed by atoms with van der Waals surface area (Å²) >= 11 is 3.03. The molecule has 1 amide bonds. The predicted octanol–water partition coefficient (Wildman–Crippen LogP) is 2.29. The highest BCUT2D eigenvalue weighted by Gasteiger charge is 2.26. The maximum absolute atomic E-state index is 12.3. The van der Waals surface area contributed by atoms with Gasteiger partial charge in [-0.3, -0.25) is 19.7 Å². The minimum absolute atomic E-state index is 0.0473. The Bertz CT molecular complexity index is 559. The molecule has 0 unspecified atom stereocenters. The van der Waals surface area contributed by atoms with Crippen LogP contribution < -0.4 is 0 Å². The number of carboxylic acids is 1. The maximum atomic E-state index is 12.3. The van der Waals surface area contributed by atoms with Gasteiger partial charge in [0, 0.05) is 12.1 Å². The van der Waals surface area contributed by atoms with Crippen LogP contribution in [0.3, 0.4) is 0 Å². The molecule has 0 atom stereocenters. The summed E-state index contributed by atoms with van der Waals surface area (Å²) in [6.45, 7) is 2.88. The Kier molecular flexibility index (Phi) is 5.20. The fourth-order valence-corrected chi connectivity index (χ4v) is 2.19. The number of carboxylic acid groups (broad SMARTS) is 1. The lowest BCUT2D eigenvalue weighted by Crippen LogP contribution is -2.40. The SMILES string of the molecule is CC(C)N(CC(=O)O)C(=O)c1cccc([N+](=O)[O-])c1Br. The number of hydrogen-bond donors (Lipinski definition) is 1. The molecule has 0 aromatic heterocycles. The number of carbonyl (C=O) groups excluding carboxylic acids is 1. The standard InChI is InChI=1S/C12H13BrN2O5/c1-7(2)14(6-10(16)17)12(18)8-4-3-5-9(11(8)13)15(19)20/h3-5,7H,6H2,1-2H3,(H,16,17). The van der Waals surface area contributed by atoms with Gasteiger partial charge in [0.2, 0.25) is 0 Å². The van der Waals surface area contributed by atoms with Gasteiger partial charge in [-0.2, -0.15) is 0 Å². The third-order valence-electron chi connectivity index (χ3n) is 2.60. The molecule has 0 aliphatic rings. The zero-order chi connectivity index (χ0) is 15.4. The second kappa shape index (κ2) is 6.47. The van der Waals surface area contributed by atoms with Crippen molar-refractivity contribution in [2.24, 2.45) is 0 Å². The van der Waals surface area contributed by atoms with Gasteiger partial charge in [-0.1, -0.05) is 6.07 Å². The zero-order valence-electron chi connectivity index (χ0n) is 10.9. The van der Waals surface area contributed by atoms with Crippen LogP contribution in [0.1, 0.15) is 24.2 Å². The van der Waals surface area contributed by atoms with Crippen molar-refractivity contribution in [1.29, 1.82) is 0 Å². The summed E-state index contributed by atoms with van der Waals surface area (Å²) in [5.41, 5.74) is -0.177. The third-order valence-corrected chi connectivity index (χ3v) is 3.43. The largest absolute Gasteiger partial charge is 0.480 e. The lowest BCUT2D eigenvalue weighted by atomic mass is 10.1. The van der Waals surface area contributed by atoms with Crippen molar-refractivity contribution in [1.82, 2.24) is 4.90 Å². The molecule has 20 heavy (non-hydrogen) atoms. The summed E-state index contributed by atoms with van der Waals surface area (Å²) < 4.78 is 0.0473. The zero-order valence-corrected chi connectivity index (χ0v) is 12.5. The number of nitrogens with zero attached hydrogens (tertiary/aromatic N) is 2. The summed E-state index contributed by atoms with van der Waals surface area (Å²) in [6.07, 6.45) is 0. The summed E-state index contributed by atoms with van der Waals surface area (Å²) in [5, 5.41) is 19.7. The second-order valence-corrected chi connectivity index (χ2v) is 5.11. The van der Waals surface area contributed by atoms with Crippen molar-refractivity contribution in [3.63, 3.8) is 0 Å². The Hall–Kier alpha value is -1.96. The molecule has 0 aliphatic carbocycles. The number of amides is 1. The summed E-state index contributed by atoms with van der Waals surface area (Å²) in [7, 11) is 0. The molecule has 0 aliphatic heterocycles. The number of carbonyl (C=O) groups is 2. The van der Waals surface area contributed by atoms with Crippen molar-refractivity contribution in [2.45, 2.75) is 19.9 Å². The lowest BCUT2D eigenvalue weighted by Gasteiger charge is -2.25. The van der Waals surface area contributed by atoms with Crippen LogP contribution in [0.5, 0.6) is 0 Å². The molecule has 1 rings (SSSR count). The van der Waals surface area contributed by atoms with E-state index in [1.54, 1.807) is 13.8 Å². The van der Waals surface area contributed by atoms with Gasteiger partial charge in [0.15, 0.2) is 0 Å². The summed E-state index contributed by atoms with van der Waals surface area (Å²) in [5.74, 6) is -1.72. The minimum Gasteiger partial charge on any atom is -0.480 e. The fourth-order valence-electron chi connectivity index (χ4n) is 1.62. The molecule has 7 nitrogen and oxygen atoms in total. The van der Waals surface area contributed by atoms with E-state index in [1.807, 2.05) is 0 Å². The van der Waals surface area contributed by atoms with Gasteiger partial charge in [-0.05, 0) is 35.8 Å². The van der Waals surface area contributed by atoms with Crippen molar-refractivity contribution >= 4 is 33.5 Å². The Morgan fingerprint density at radius 3 is 2.50 bits per heavy atom. The van der Waals surface area contributed by atoms with Gasteiger partial charge in [0.25, 0.3) is 11.6 Å². The van der Waals surface area contributed by atoms with E-state index < -0.39 is 23.3 Å². The van der Waals surface area contributed by atoms with Crippen molar-refractivity contribution < 1.29 is 19.6 Å². The predicted molar refractivity (Wildman–Crippen MR) is 74.6 cm³/mol. The average Bonchev–Trinajstić information content (AvgIpc) is 2.34. The molecule has 0 spiro atoms. The summed E-state index contributed by atoms with van der Waals surface area (Å²) in [4.78, 5) is 34.5. The quantitative estimate of drug-likeness (QED) is 0.652. The molecule has 1 aromatic carbocycles. The second-order valence-electron chi connectivity index (χ2n) is 4.32. The number of aliphatic carboxylic acids is 1. The van der Waals surface area contributed by atoms with E-state index in [-0.39, 0.29) is 21.8 Å². The molecule has 1 N–H and O–H groups in total. The van der Waals surface area contributed by atoms with Crippen molar-refractivity contribution in [2.75, 3.05) is 6.54 Å². The number of hydrogen-bond acceptors (Lipinski definition) is 4. The van der Waals surface area contributed by atoms with Gasteiger partial charge < -0.3 is 10.0 Å². The fraction of sp³-hybridized carbons (Fsp3) is 0.333. The number of nitro benzene ring substituents is 1. The third kappa shape index (κ3) is 3.53. The normalized spacial score (nSPS) is 10.4. The van der Waals surface area contributed by atoms with Crippen LogP contribution >= 0.6 is 15.9 Å². The molecule has 0 saturated carbocycles. The molecular formula is C12H13BrN2O5. The number of halogens is 1. The Morgan fingerprint density at radius 2 is 2.05 bits per heavy atom. The number of rotatable bonds is 5. The highest BCUT2D eigenvalue weighted by atomic mass is 79.9. The van der Waals surface area contributed by atoms with Gasteiger partial charge in [-0.15, -0.1) is 0 Å². The molecule has 0 heterocycles. The van der Waals surface area contributed by atoms with Gasteiger partial charge >= 0.3 is 5.97 Å². The van der Waals surface area contributed by atoms with E-state index in [2.05, 4.69) is 15.9 Å². The van der Waals surface area contributed by atoms with Crippen LogP contribution in [0.4, 0.5) is 5.69 Å². The average molecular weight is 345 g/mol. The van der Waals surface area contributed by atoms with E-state index in [0.29, 0.717) is 0 Å². The molecule has 108 valence electrons. The molecular weight excluding hydrogens is 332 g/mol. The topological polar surface area (TPSA) is 101 Å². The van der Waals surface area contributed by atoms with E-state index in [1.165, 1.54) is 18.2 Å². The molecule has 1 aromatic rings. The molecule has 8 heteroatoms. The van der Waals surface area contributed by atoms with Crippen molar-refractivity contribution in [3.8, 4) is 0 Å². The monoisotopic (exact) mass is 344 g/mol. The molecule has 0 radical (unpaired) electrons. The van der Waals surface area contributed by atoms with E-state index in [4.69, 9.17) is 5.11 Å². The minimum atomic E-state index is -1.14. The van der Waals surface area contributed by atoms with Crippen LogP contribution in [0.25, 0.3) is 0 Å². The van der Waals surface area contributed by atoms with Crippen LogP contribution in [-0.4, -0.2) is 39.4 Å². The molecule has 0 fully saturated rings. The first-order chi connectivity index (χ1) is 9.25. The first kappa shape index (κ1) is 16.1. The first-order valence-corrected chi connectivity index (χ1v) is 6.50. The number of nitro groups is 1. The van der Waals surface area contributed by atoms with Gasteiger partial charge in [0.05, 0.1) is 10.5 Å². The van der Waals surface area contributed by atoms with Crippen LogP contribution in [-0.2, 0) is 4.79 Å². The van der Waals surface area contributed by atoms with E-state index in [9.17, 15) is 19.7 Å².